The maximum atomic E-state index is 6.12. The van der Waals surface area contributed by atoms with Crippen LogP contribution in [0.3, 0.4) is 0 Å². The minimum absolute atomic E-state index is 0.0951. The van der Waals surface area contributed by atoms with Gasteiger partial charge in [0.15, 0.2) is 5.11 Å². The van der Waals surface area contributed by atoms with Crippen LogP contribution in [0.15, 0.2) is 91.1 Å². The van der Waals surface area contributed by atoms with Gasteiger partial charge in [0.25, 0.3) is 0 Å². The fourth-order valence-corrected chi connectivity index (χ4v) is 6.67. The SMILES string of the molecule is Cc1ccc(Oc2ccc(N3C(=S)N[C@@H](c4ccccn4)[C@H]3c3cc(C)n(-c4c(C)cc(C)cc4C)c3C)cc2)cc1. The number of hydrogen-bond donors (Lipinski definition) is 1. The maximum absolute atomic E-state index is 6.12. The highest BCUT2D eigenvalue weighted by Crippen LogP contribution is 2.44. The Hall–Kier alpha value is -4.42. The van der Waals surface area contributed by atoms with Crippen LogP contribution in [0.25, 0.3) is 5.69 Å². The van der Waals surface area contributed by atoms with E-state index < -0.39 is 0 Å². The van der Waals surface area contributed by atoms with E-state index in [2.05, 4.69) is 105 Å². The number of nitrogens with zero attached hydrogens (tertiary/aromatic N) is 3. The van der Waals surface area contributed by atoms with Crippen LogP contribution in [-0.4, -0.2) is 14.7 Å². The molecule has 5 nitrogen and oxygen atoms in total. The standard InChI is InChI=1S/C36H36N4OS/c1-22-10-14-29(15-11-22)41-30-16-12-28(13-17-30)40-35(33(38-36(40)42)32-9-7-8-18-37-32)31-21-26(5)39(27(31)6)34-24(3)19-23(2)20-25(34)4/h7-21,33,35H,1-6H3,(H,38,42)/t33-,35+/m0/s1. The van der Waals surface area contributed by atoms with Crippen LogP contribution >= 0.6 is 12.2 Å². The smallest absolute Gasteiger partial charge is 0.174 e. The normalized spacial score (nSPS) is 16.5. The molecule has 2 atom stereocenters. The first-order chi connectivity index (χ1) is 20.2. The number of nitrogens with one attached hydrogen (secondary N) is 1. The second-order valence-corrected chi connectivity index (χ2v) is 11.7. The highest BCUT2D eigenvalue weighted by molar-refractivity contribution is 7.80. The number of thiocarbonyl (C=S) groups is 1. The molecule has 212 valence electrons. The Labute approximate surface area is 253 Å². The van der Waals surface area contributed by atoms with Crippen molar-refractivity contribution in [1.29, 1.82) is 0 Å². The Morgan fingerprint density at radius 2 is 1.40 bits per heavy atom. The predicted octanol–water partition coefficient (Wildman–Crippen LogP) is 8.69. The fourth-order valence-electron chi connectivity index (χ4n) is 6.32. The van der Waals surface area contributed by atoms with E-state index in [0.29, 0.717) is 5.11 Å². The van der Waals surface area contributed by atoms with E-state index in [1.807, 2.05) is 42.6 Å². The van der Waals surface area contributed by atoms with E-state index in [4.69, 9.17) is 21.9 Å². The molecular formula is C36H36N4OS. The summed E-state index contributed by atoms with van der Waals surface area (Å²) in [6.07, 6.45) is 1.85. The Morgan fingerprint density at radius 1 is 0.762 bits per heavy atom. The van der Waals surface area contributed by atoms with Crippen LogP contribution in [0.1, 0.15) is 57.0 Å². The third kappa shape index (κ3) is 5.07. The number of aromatic nitrogens is 2. The number of aryl methyl sites for hydroxylation is 5. The highest BCUT2D eigenvalue weighted by atomic mass is 32.1. The molecule has 0 bridgehead atoms. The number of pyridine rings is 1. The molecule has 0 spiro atoms. The minimum Gasteiger partial charge on any atom is -0.457 e. The van der Waals surface area contributed by atoms with Crippen molar-refractivity contribution in [1.82, 2.24) is 14.9 Å². The molecule has 6 rings (SSSR count). The number of hydrogen-bond acceptors (Lipinski definition) is 3. The summed E-state index contributed by atoms with van der Waals surface area (Å²) >= 11 is 6.01. The molecule has 0 radical (unpaired) electrons. The monoisotopic (exact) mass is 572 g/mol. The lowest BCUT2D eigenvalue weighted by Crippen LogP contribution is -2.29. The summed E-state index contributed by atoms with van der Waals surface area (Å²) in [5.41, 5.74) is 11.8. The Bertz CT molecular complexity index is 1730. The zero-order valence-electron chi connectivity index (χ0n) is 25.0. The van der Waals surface area contributed by atoms with Crippen molar-refractivity contribution in [2.75, 3.05) is 4.90 Å². The summed E-state index contributed by atoms with van der Waals surface area (Å²) in [4.78, 5) is 6.97. The lowest BCUT2D eigenvalue weighted by atomic mass is 9.96. The lowest BCUT2D eigenvalue weighted by molar-refractivity contribution is 0.482. The molecule has 42 heavy (non-hydrogen) atoms. The van der Waals surface area contributed by atoms with Gasteiger partial charge in [-0.15, -0.1) is 0 Å². The van der Waals surface area contributed by atoms with Gasteiger partial charge in [0.05, 0.1) is 23.5 Å². The molecule has 0 amide bonds. The largest absolute Gasteiger partial charge is 0.457 e. The van der Waals surface area contributed by atoms with Gasteiger partial charge in [0.1, 0.15) is 11.5 Å². The highest BCUT2D eigenvalue weighted by Gasteiger charge is 2.42. The molecule has 1 fully saturated rings. The van der Waals surface area contributed by atoms with Gasteiger partial charge in [-0.2, -0.15) is 0 Å². The summed E-state index contributed by atoms with van der Waals surface area (Å²) in [7, 11) is 0. The molecule has 3 aromatic carbocycles. The quantitative estimate of drug-likeness (QED) is 0.206. The third-order valence-electron chi connectivity index (χ3n) is 8.12. The molecule has 1 saturated heterocycles. The zero-order valence-corrected chi connectivity index (χ0v) is 25.8. The molecule has 1 aliphatic rings. The summed E-state index contributed by atoms with van der Waals surface area (Å²) in [5, 5.41) is 4.28. The van der Waals surface area contributed by atoms with Crippen LogP contribution in [0.5, 0.6) is 11.5 Å². The Balaban J connectivity index is 1.43. The van der Waals surface area contributed by atoms with Crippen molar-refractivity contribution >= 4 is 23.0 Å². The van der Waals surface area contributed by atoms with Gasteiger partial charge in [-0.3, -0.25) is 4.98 Å². The average molecular weight is 573 g/mol. The first-order valence-electron chi connectivity index (χ1n) is 14.3. The maximum Gasteiger partial charge on any atom is 0.174 e. The molecule has 0 aliphatic carbocycles. The van der Waals surface area contributed by atoms with E-state index in [0.717, 1.165) is 22.9 Å². The van der Waals surface area contributed by atoms with E-state index >= 15 is 0 Å². The van der Waals surface area contributed by atoms with Crippen LogP contribution in [0, 0.1) is 41.5 Å². The van der Waals surface area contributed by atoms with Gasteiger partial charge in [-0.25, -0.2) is 0 Å². The lowest BCUT2D eigenvalue weighted by Gasteiger charge is -2.28. The van der Waals surface area contributed by atoms with Gasteiger partial charge in [0.2, 0.25) is 0 Å². The zero-order chi connectivity index (χ0) is 29.5. The first kappa shape index (κ1) is 27.7. The Morgan fingerprint density at radius 3 is 2.02 bits per heavy atom. The van der Waals surface area contributed by atoms with Gasteiger partial charge in [0, 0.05) is 23.3 Å². The number of benzene rings is 3. The topological polar surface area (TPSA) is 42.3 Å². The van der Waals surface area contributed by atoms with Crippen LogP contribution in [0.2, 0.25) is 0 Å². The van der Waals surface area contributed by atoms with Crippen molar-refractivity contribution in [3.8, 4) is 17.2 Å². The van der Waals surface area contributed by atoms with Crippen molar-refractivity contribution in [2.45, 2.75) is 53.6 Å². The van der Waals surface area contributed by atoms with E-state index in [1.165, 1.54) is 44.9 Å². The number of ether oxygens (including phenoxy) is 1. The molecular weight excluding hydrogens is 536 g/mol. The predicted molar refractivity (Wildman–Crippen MR) is 175 cm³/mol. The minimum atomic E-state index is -0.114. The van der Waals surface area contributed by atoms with Crippen molar-refractivity contribution in [2.24, 2.45) is 0 Å². The van der Waals surface area contributed by atoms with Gasteiger partial charge in [-0.1, -0.05) is 41.5 Å². The van der Waals surface area contributed by atoms with Crippen LogP contribution in [-0.2, 0) is 0 Å². The fraction of sp³-hybridized carbons (Fsp3) is 0.222. The molecule has 1 aliphatic heterocycles. The van der Waals surface area contributed by atoms with Gasteiger partial charge >= 0.3 is 0 Å². The van der Waals surface area contributed by atoms with Crippen molar-refractivity contribution < 1.29 is 4.74 Å². The molecule has 0 unspecified atom stereocenters. The van der Waals surface area contributed by atoms with Gasteiger partial charge in [-0.05, 0) is 125 Å². The molecule has 3 heterocycles. The number of rotatable bonds is 6. The van der Waals surface area contributed by atoms with Crippen LogP contribution < -0.4 is 15.0 Å². The summed E-state index contributed by atoms with van der Waals surface area (Å²) in [6, 6.07) is 28.9. The third-order valence-corrected chi connectivity index (χ3v) is 8.43. The average Bonchev–Trinajstić information content (AvgIpc) is 3.45. The number of anilines is 1. The van der Waals surface area contributed by atoms with E-state index in [1.54, 1.807) is 0 Å². The van der Waals surface area contributed by atoms with Crippen molar-refractivity contribution in [3.05, 3.63) is 136 Å². The van der Waals surface area contributed by atoms with Gasteiger partial charge < -0.3 is 19.5 Å². The second kappa shape index (κ2) is 11.1. The summed E-state index contributed by atoms with van der Waals surface area (Å²) in [5.74, 6) is 1.59. The Kier molecular flexibility index (Phi) is 7.33. The molecule has 1 N–H and O–H groups in total. The summed E-state index contributed by atoms with van der Waals surface area (Å²) < 4.78 is 8.51. The molecule has 5 aromatic rings. The van der Waals surface area contributed by atoms with Crippen LogP contribution in [0.4, 0.5) is 5.69 Å². The molecule has 0 saturated carbocycles. The molecule has 2 aromatic heterocycles. The first-order valence-corrected chi connectivity index (χ1v) is 14.7. The summed E-state index contributed by atoms with van der Waals surface area (Å²) in [6.45, 7) is 13.0. The van der Waals surface area contributed by atoms with Crippen molar-refractivity contribution in [3.63, 3.8) is 0 Å². The van der Waals surface area contributed by atoms with E-state index in [9.17, 15) is 0 Å². The second-order valence-electron chi connectivity index (χ2n) is 11.3. The molecule has 6 heteroatoms. The van der Waals surface area contributed by atoms with E-state index in [-0.39, 0.29) is 12.1 Å².